The highest BCUT2D eigenvalue weighted by Gasteiger charge is 2.23. The monoisotopic (exact) mass is 535 g/mol. The van der Waals surface area contributed by atoms with E-state index in [0.717, 1.165) is 52.0 Å². The Labute approximate surface area is 222 Å². The Bertz CT molecular complexity index is 744. The second-order valence-corrected chi connectivity index (χ2v) is 8.46. The third-order valence-electron chi connectivity index (χ3n) is 6.03. The molecule has 0 saturated carbocycles. The van der Waals surface area contributed by atoms with Crippen LogP contribution in [0.1, 0.15) is 63.2 Å². The van der Waals surface area contributed by atoms with Crippen molar-refractivity contribution in [3.05, 3.63) is 23.8 Å². The van der Waals surface area contributed by atoms with Crippen molar-refractivity contribution in [3.8, 4) is 5.75 Å². The van der Waals surface area contributed by atoms with E-state index in [1.807, 2.05) is 0 Å². The van der Waals surface area contributed by atoms with E-state index in [4.69, 9.17) is 19.9 Å². The first-order chi connectivity index (χ1) is 16.0. The largest absolute Gasteiger partial charge is 0.491 e. The number of anilines is 1. The molecule has 2 rings (SSSR count). The van der Waals surface area contributed by atoms with Crippen molar-refractivity contribution in [2.75, 3.05) is 51.4 Å². The predicted molar refractivity (Wildman–Crippen MR) is 144 cm³/mol. The van der Waals surface area contributed by atoms with E-state index in [1.165, 1.54) is 0 Å². The fourth-order valence-electron chi connectivity index (χ4n) is 3.76. The first-order valence-electron chi connectivity index (χ1n) is 12.3. The number of esters is 1. The Morgan fingerprint density at radius 1 is 1.14 bits per heavy atom. The second-order valence-electron chi connectivity index (χ2n) is 8.46. The number of unbranched alkanes of at least 4 members (excludes halogenated alkanes) is 1. The van der Waals surface area contributed by atoms with Crippen molar-refractivity contribution in [2.24, 2.45) is 11.7 Å². The van der Waals surface area contributed by atoms with E-state index in [1.54, 1.807) is 18.2 Å². The van der Waals surface area contributed by atoms with Crippen molar-refractivity contribution in [3.63, 3.8) is 0 Å². The Morgan fingerprint density at radius 3 is 2.46 bits per heavy atom. The van der Waals surface area contributed by atoms with E-state index < -0.39 is 12.0 Å². The molecule has 0 spiro atoms. The lowest BCUT2D eigenvalue weighted by molar-refractivity contribution is -0.118. The van der Waals surface area contributed by atoms with Gasteiger partial charge in [-0.25, -0.2) is 4.79 Å². The molecule has 0 radical (unpaired) electrons. The van der Waals surface area contributed by atoms with Gasteiger partial charge in [0, 0.05) is 19.8 Å². The van der Waals surface area contributed by atoms with Crippen molar-refractivity contribution in [2.45, 2.75) is 58.9 Å². The van der Waals surface area contributed by atoms with Gasteiger partial charge in [0.15, 0.2) is 0 Å². The maximum Gasteiger partial charge on any atom is 0.338 e. The number of hydrogen-bond donors (Lipinski definition) is 2. The van der Waals surface area contributed by atoms with Crippen molar-refractivity contribution in [1.29, 1.82) is 0 Å². The fraction of sp³-hybridized carbons (Fsp3) is 0.680. The summed E-state index contributed by atoms with van der Waals surface area (Å²) >= 11 is 0. The lowest BCUT2D eigenvalue weighted by Gasteiger charge is -2.24. The van der Waals surface area contributed by atoms with Crippen molar-refractivity contribution in [1.82, 2.24) is 4.90 Å². The average Bonchev–Trinajstić information content (AvgIpc) is 2.83. The highest BCUT2D eigenvalue weighted by molar-refractivity contribution is 5.97. The summed E-state index contributed by atoms with van der Waals surface area (Å²) in [4.78, 5) is 27.5. The van der Waals surface area contributed by atoms with Crippen LogP contribution in [0.5, 0.6) is 5.75 Å². The zero-order valence-electron chi connectivity index (χ0n) is 21.3. The van der Waals surface area contributed by atoms with Gasteiger partial charge in [-0.2, -0.15) is 0 Å². The lowest BCUT2D eigenvalue weighted by atomic mass is 9.92. The summed E-state index contributed by atoms with van der Waals surface area (Å²) < 4.78 is 16.7. The molecule has 1 atom stereocenters. The molecule has 1 saturated heterocycles. The molecule has 1 aromatic carbocycles. The summed E-state index contributed by atoms with van der Waals surface area (Å²) in [6.07, 6.45) is 4.33. The predicted octanol–water partition coefficient (Wildman–Crippen LogP) is 4.29. The molecule has 0 aliphatic carbocycles. The summed E-state index contributed by atoms with van der Waals surface area (Å²) in [6, 6.07) is 4.35. The van der Waals surface area contributed by atoms with Gasteiger partial charge in [-0.3, -0.25) is 4.79 Å². The van der Waals surface area contributed by atoms with Gasteiger partial charge in [-0.05, 0) is 62.9 Å². The van der Waals surface area contributed by atoms with Crippen LogP contribution in [0.25, 0.3) is 0 Å². The zero-order valence-corrected chi connectivity index (χ0v) is 22.9. The molecule has 1 aromatic rings. The molecule has 1 unspecified atom stereocenters. The number of benzene rings is 1. The van der Waals surface area contributed by atoms with Crippen LogP contribution in [0.15, 0.2) is 18.2 Å². The number of hydrogen-bond acceptors (Lipinski definition) is 7. The number of rotatable bonds is 14. The van der Waals surface area contributed by atoms with Crippen molar-refractivity contribution < 1.29 is 23.8 Å². The Kier molecular flexibility index (Phi) is 17.8. The van der Waals surface area contributed by atoms with Gasteiger partial charge in [0.2, 0.25) is 5.91 Å². The van der Waals surface area contributed by atoms with Gasteiger partial charge in [-0.1, -0.05) is 27.2 Å². The molecule has 1 aliphatic heterocycles. The Morgan fingerprint density at radius 2 is 1.83 bits per heavy atom. The summed E-state index contributed by atoms with van der Waals surface area (Å²) in [5.74, 6) is 0.189. The average molecular weight is 537 g/mol. The minimum absolute atomic E-state index is 0. The quantitative estimate of drug-likeness (QED) is 0.270. The van der Waals surface area contributed by atoms with Crippen LogP contribution in [0, 0.1) is 5.92 Å². The van der Waals surface area contributed by atoms with Crippen LogP contribution >= 0.6 is 24.8 Å². The molecule has 202 valence electrons. The van der Waals surface area contributed by atoms with Crippen LogP contribution in [0.3, 0.4) is 0 Å². The van der Waals surface area contributed by atoms with E-state index in [0.29, 0.717) is 49.1 Å². The molecule has 1 fully saturated rings. The van der Waals surface area contributed by atoms with Gasteiger partial charge in [-0.15, -0.1) is 24.8 Å². The topological polar surface area (TPSA) is 103 Å². The normalized spacial score (nSPS) is 14.4. The summed E-state index contributed by atoms with van der Waals surface area (Å²) in [5, 5.41) is 2.89. The Hall–Kier alpha value is -1.58. The number of halogens is 2. The molecule has 1 aliphatic rings. The molecule has 3 N–H and O–H groups in total. The zero-order chi connectivity index (χ0) is 24.1. The maximum atomic E-state index is 12.7. The van der Waals surface area contributed by atoms with E-state index in [2.05, 4.69) is 31.0 Å². The number of amides is 1. The van der Waals surface area contributed by atoms with Gasteiger partial charge < -0.3 is 30.2 Å². The highest BCUT2D eigenvalue weighted by Crippen LogP contribution is 2.28. The fourth-order valence-corrected chi connectivity index (χ4v) is 3.76. The minimum atomic E-state index is -0.610. The molecule has 8 nitrogen and oxygen atoms in total. The molecule has 0 aromatic heterocycles. The van der Waals surface area contributed by atoms with Crippen LogP contribution in [-0.4, -0.2) is 68.9 Å². The molecule has 1 amide bonds. The highest BCUT2D eigenvalue weighted by atomic mass is 35.5. The second kappa shape index (κ2) is 18.7. The van der Waals surface area contributed by atoms with Crippen LogP contribution in [0.2, 0.25) is 0 Å². The summed E-state index contributed by atoms with van der Waals surface area (Å²) in [5.41, 5.74) is 7.08. The third-order valence-corrected chi connectivity index (χ3v) is 6.03. The molecule has 10 heteroatoms. The minimum Gasteiger partial charge on any atom is -0.491 e. The van der Waals surface area contributed by atoms with Crippen LogP contribution in [0.4, 0.5) is 5.69 Å². The van der Waals surface area contributed by atoms with Gasteiger partial charge >= 0.3 is 5.97 Å². The maximum absolute atomic E-state index is 12.7. The molecule has 1 heterocycles. The molecular weight excluding hydrogens is 493 g/mol. The number of carbonyl (C=O) groups is 2. The van der Waals surface area contributed by atoms with E-state index >= 15 is 0 Å². The van der Waals surface area contributed by atoms with Gasteiger partial charge in [0.1, 0.15) is 12.4 Å². The van der Waals surface area contributed by atoms with E-state index in [-0.39, 0.29) is 30.7 Å². The van der Waals surface area contributed by atoms with Gasteiger partial charge in [0.25, 0.3) is 0 Å². The molecule has 35 heavy (non-hydrogen) atoms. The number of ether oxygens (including phenoxy) is 3. The summed E-state index contributed by atoms with van der Waals surface area (Å²) in [6.45, 7) is 11.0. The SMILES string of the molecule is CCCCOc1cc(C(=O)OCCN(CC)CC)ccc1NC(=O)C(N)CC1CCOCC1.Cl.Cl. The number of nitrogens with zero attached hydrogens (tertiary/aromatic N) is 1. The smallest absolute Gasteiger partial charge is 0.338 e. The third kappa shape index (κ3) is 11.8. The van der Waals surface area contributed by atoms with E-state index in [9.17, 15) is 9.59 Å². The summed E-state index contributed by atoms with van der Waals surface area (Å²) in [7, 11) is 0. The Balaban J connectivity index is 0.00000578. The standard InChI is InChI=1S/C25H41N3O5.2ClH/c1-4-7-13-32-23-18-20(25(30)33-16-12-28(5-2)6-3)8-9-22(23)27-24(29)21(26)17-19-10-14-31-15-11-19;;/h8-9,18-19,21H,4-7,10-17,26H2,1-3H3,(H,27,29);2*1H. The number of nitrogens with two attached hydrogens (primary N) is 1. The van der Waals surface area contributed by atoms with Crippen molar-refractivity contribution >= 4 is 42.4 Å². The first kappa shape index (κ1) is 33.4. The van der Waals surface area contributed by atoms with Crippen LogP contribution in [-0.2, 0) is 14.3 Å². The number of nitrogens with one attached hydrogen (secondary N) is 1. The van der Waals surface area contributed by atoms with Crippen LogP contribution < -0.4 is 15.8 Å². The molecule has 0 bridgehead atoms. The van der Waals surface area contributed by atoms with Gasteiger partial charge in [0.05, 0.1) is 23.9 Å². The molecular formula is C25H43Cl2N3O5. The number of carbonyl (C=O) groups excluding carboxylic acids is 2. The number of likely N-dealkylation sites (N-methyl/N-ethyl adjacent to an activating group) is 1. The first-order valence-corrected chi connectivity index (χ1v) is 12.3. The lowest BCUT2D eigenvalue weighted by Crippen LogP contribution is -2.38.